The molecule has 0 unspecified atom stereocenters. The number of nitrogens with one attached hydrogen (secondary N) is 1. The Morgan fingerprint density at radius 1 is 0.828 bits per heavy atom. The minimum Gasteiger partial charge on any atom is -0.457 e. The molecule has 3 aromatic carbocycles. The molecular weight excluding hydrogens is 364 g/mol. The summed E-state index contributed by atoms with van der Waals surface area (Å²) in [4.78, 5) is 23.6. The van der Waals surface area contributed by atoms with E-state index in [9.17, 15) is 9.59 Å². The van der Waals surface area contributed by atoms with Crippen LogP contribution in [-0.2, 0) is 5.41 Å². The average molecular weight is 388 g/mol. The highest BCUT2D eigenvalue weighted by atomic mass is 16.5. The quantitative estimate of drug-likeness (QED) is 0.634. The van der Waals surface area contributed by atoms with Crippen LogP contribution in [0.15, 0.2) is 78.9 Å². The molecule has 3 rings (SSSR count). The van der Waals surface area contributed by atoms with Crippen molar-refractivity contribution in [2.75, 3.05) is 6.54 Å². The summed E-state index contributed by atoms with van der Waals surface area (Å²) in [5.74, 6) is 0.559. The summed E-state index contributed by atoms with van der Waals surface area (Å²) in [5, 5.41) is 3.00. The zero-order valence-corrected chi connectivity index (χ0v) is 16.5. The first-order chi connectivity index (χ1) is 13.8. The molecule has 148 valence electrons. The zero-order chi connectivity index (χ0) is 20.9. The Kier molecular flexibility index (Phi) is 5.98. The fourth-order valence-corrected chi connectivity index (χ4v) is 2.89. The molecule has 0 saturated carbocycles. The predicted molar refractivity (Wildman–Crippen MR) is 113 cm³/mol. The second-order valence-corrected chi connectivity index (χ2v) is 7.45. The molecule has 0 aliphatic heterocycles. The number of benzene rings is 3. The molecule has 0 bridgehead atoms. The van der Waals surface area contributed by atoms with Crippen LogP contribution in [-0.4, -0.2) is 18.4 Å². The molecule has 0 spiro atoms. The van der Waals surface area contributed by atoms with Crippen LogP contribution in [0, 0.1) is 0 Å². The van der Waals surface area contributed by atoms with Gasteiger partial charge in [0.1, 0.15) is 11.5 Å². The lowest BCUT2D eigenvalue weighted by molar-refractivity contribution is 0.0944. The maximum Gasteiger partial charge on any atom is 0.251 e. The van der Waals surface area contributed by atoms with E-state index in [0.29, 0.717) is 29.2 Å². The highest BCUT2D eigenvalue weighted by Gasteiger charge is 2.21. The van der Waals surface area contributed by atoms with Gasteiger partial charge in [-0.25, -0.2) is 0 Å². The number of primary amides is 1. The summed E-state index contributed by atoms with van der Waals surface area (Å²) in [6, 6.07) is 23.6. The van der Waals surface area contributed by atoms with Crippen LogP contribution in [0.2, 0.25) is 0 Å². The molecular formula is C24H24N2O3. The van der Waals surface area contributed by atoms with Crippen molar-refractivity contribution in [3.8, 4) is 11.5 Å². The molecule has 0 heterocycles. The lowest BCUT2D eigenvalue weighted by Gasteiger charge is -2.25. The second-order valence-electron chi connectivity index (χ2n) is 7.45. The van der Waals surface area contributed by atoms with E-state index in [2.05, 4.69) is 31.3 Å². The summed E-state index contributed by atoms with van der Waals surface area (Å²) in [6.45, 7) is 4.73. The van der Waals surface area contributed by atoms with Gasteiger partial charge in [0.05, 0.1) is 0 Å². The molecule has 0 aliphatic carbocycles. The van der Waals surface area contributed by atoms with Crippen molar-refractivity contribution in [2.24, 2.45) is 5.73 Å². The van der Waals surface area contributed by atoms with Crippen LogP contribution < -0.4 is 15.8 Å². The minimum atomic E-state index is -0.484. The molecule has 3 N–H and O–H groups in total. The van der Waals surface area contributed by atoms with Gasteiger partial charge in [0.25, 0.3) is 5.91 Å². The van der Waals surface area contributed by atoms with Crippen LogP contribution >= 0.6 is 0 Å². The van der Waals surface area contributed by atoms with E-state index in [1.54, 1.807) is 48.5 Å². The van der Waals surface area contributed by atoms with E-state index in [-0.39, 0.29) is 11.3 Å². The molecule has 0 aromatic heterocycles. The Hall–Kier alpha value is -3.60. The van der Waals surface area contributed by atoms with Crippen LogP contribution in [0.5, 0.6) is 11.5 Å². The fourth-order valence-electron chi connectivity index (χ4n) is 2.89. The highest BCUT2D eigenvalue weighted by Crippen LogP contribution is 2.23. The van der Waals surface area contributed by atoms with E-state index < -0.39 is 5.91 Å². The normalized spacial score (nSPS) is 11.0. The Morgan fingerprint density at radius 3 is 1.86 bits per heavy atom. The second kappa shape index (κ2) is 8.61. The summed E-state index contributed by atoms with van der Waals surface area (Å²) < 4.78 is 5.74. The van der Waals surface area contributed by atoms with Crippen molar-refractivity contribution < 1.29 is 14.3 Å². The first kappa shape index (κ1) is 20.1. The molecule has 5 heteroatoms. The summed E-state index contributed by atoms with van der Waals surface area (Å²) >= 11 is 0. The first-order valence-corrected chi connectivity index (χ1v) is 9.37. The Morgan fingerprint density at radius 2 is 1.34 bits per heavy atom. The van der Waals surface area contributed by atoms with Gasteiger partial charge in [-0.15, -0.1) is 0 Å². The Labute approximate surface area is 170 Å². The van der Waals surface area contributed by atoms with E-state index in [0.717, 1.165) is 0 Å². The predicted octanol–water partition coefficient (Wildman–Crippen LogP) is 4.29. The van der Waals surface area contributed by atoms with Gasteiger partial charge in [-0.3, -0.25) is 9.59 Å². The number of amides is 2. The standard InChI is InChI=1S/C24H24N2O3/c1-24(2,19-6-4-3-5-7-19)16-26-23(28)18-10-14-21(15-11-18)29-20-12-8-17(9-13-20)22(25)27/h3-15H,16H2,1-2H3,(H2,25,27)(H,26,28). The van der Waals surface area contributed by atoms with E-state index in [4.69, 9.17) is 10.5 Å². The number of hydrogen-bond acceptors (Lipinski definition) is 3. The topological polar surface area (TPSA) is 81.4 Å². The molecule has 0 radical (unpaired) electrons. The van der Waals surface area contributed by atoms with Gasteiger partial charge in [-0.2, -0.15) is 0 Å². The fraction of sp³-hybridized carbons (Fsp3) is 0.167. The number of nitrogens with two attached hydrogens (primary N) is 1. The molecule has 5 nitrogen and oxygen atoms in total. The van der Waals surface area contributed by atoms with Gasteiger partial charge < -0.3 is 15.8 Å². The maximum atomic E-state index is 12.5. The van der Waals surface area contributed by atoms with Crippen molar-refractivity contribution in [3.63, 3.8) is 0 Å². The monoisotopic (exact) mass is 388 g/mol. The van der Waals surface area contributed by atoms with Crippen molar-refractivity contribution in [3.05, 3.63) is 95.6 Å². The SMILES string of the molecule is CC(C)(CNC(=O)c1ccc(Oc2ccc(C(N)=O)cc2)cc1)c1ccccc1. The Bertz CT molecular complexity index is 979. The molecule has 2 amide bonds. The first-order valence-electron chi connectivity index (χ1n) is 9.37. The van der Waals surface area contributed by atoms with Gasteiger partial charge in [-0.1, -0.05) is 44.2 Å². The summed E-state index contributed by atoms with van der Waals surface area (Å²) in [5.41, 5.74) is 7.21. The smallest absolute Gasteiger partial charge is 0.251 e. The van der Waals surface area contributed by atoms with Crippen molar-refractivity contribution in [1.82, 2.24) is 5.32 Å². The van der Waals surface area contributed by atoms with E-state index >= 15 is 0 Å². The molecule has 0 aliphatic rings. The third-order valence-electron chi connectivity index (χ3n) is 4.74. The van der Waals surface area contributed by atoms with E-state index in [1.807, 2.05) is 18.2 Å². The summed E-state index contributed by atoms with van der Waals surface area (Å²) in [7, 11) is 0. The number of rotatable bonds is 7. The Balaban J connectivity index is 1.59. The molecule has 29 heavy (non-hydrogen) atoms. The third kappa shape index (κ3) is 5.23. The van der Waals surface area contributed by atoms with Gasteiger partial charge in [-0.05, 0) is 54.1 Å². The van der Waals surface area contributed by atoms with Crippen molar-refractivity contribution in [1.29, 1.82) is 0 Å². The number of carbonyl (C=O) groups is 2. The number of ether oxygens (including phenoxy) is 1. The van der Waals surface area contributed by atoms with Gasteiger partial charge >= 0.3 is 0 Å². The molecule has 0 fully saturated rings. The van der Waals surface area contributed by atoms with Gasteiger partial charge in [0.2, 0.25) is 5.91 Å². The van der Waals surface area contributed by atoms with Crippen LogP contribution in [0.3, 0.4) is 0 Å². The van der Waals surface area contributed by atoms with Crippen LogP contribution in [0.1, 0.15) is 40.1 Å². The minimum absolute atomic E-state index is 0.133. The summed E-state index contributed by atoms with van der Waals surface area (Å²) in [6.07, 6.45) is 0. The maximum absolute atomic E-state index is 12.5. The van der Waals surface area contributed by atoms with E-state index in [1.165, 1.54) is 5.56 Å². The number of hydrogen-bond donors (Lipinski definition) is 2. The molecule has 3 aromatic rings. The zero-order valence-electron chi connectivity index (χ0n) is 16.5. The largest absolute Gasteiger partial charge is 0.457 e. The lowest BCUT2D eigenvalue weighted by atomic mass is 9.84. The van der Waals surface area contributed by atoms with Crippen molar-refractivity contribution in [2.45, 2.75) is 19.3 Å². The number of carbonyl (C=O) groups excluding carboxylic acids is 2. The third-order valence-corrected chi connectivity index (χ3v) is 4.74. The van der Waals surface area contributed by atoms with Crippen molar-refractivity contribution >= 4 is 11.8 Å². The highest BCUT2D eigenvalue weighted by molar-refractivity contribution is 5.94. The lowest BCUT2D eigenvalue weighted by Crippen LogP contribution is -2.36. The van der Waals surface area contributed by atoms with Gasteiger partial charge in [0.15, 0.2) is 0 Å². The average Bonchev–Trinajstić information content (AvgIpc) is 2.73. The van der Waals surface area contributed by atoms with Crippen LogP contribution in [0.4, 0.5) is 0 Å². The van der Waals surface area contributed by atoms with Gasteiger partial charge in [0, 0.05) is 23.1 Å². The molecule has 0 saturated heterocycles. The molecule has 0 atom stereocenters. The van der Waals surface area contributed by atoms with Crippen LogP contribution in [0.25, 0.3) is 0 Å².